The molecule has 0 atom stereocenters. The highest BCUT2D eigenvalue weighted by molar-refractivity contribution is 6.32. The molecule has 62 valence electrons. The predicted molar refractivity (Wildman–Crippen MR) is 49.2 cm³/mol. The second-order valence-corrected chi connectivity index (χ2v) is 4.29. The van der Waals surface area contributed by atoms with Gasteiger partial charge in [-0.3, -0.25) is 0 Å². The van der Waals surface area contributed by atoms with Crippen molar-refractivity contribution in [2.45, 2.75) is 33.1 Å². The number of hydrogen-bond acceptors (Lipinski definition) is 0. The molecule has 0 radical (unpaired) electrons. The average Bonchev–Trinajstić information content (AvgIpc) is 2.11. The summed E-state index contributed by atoms with van der Waals surface area (Å²) in [6.07, 6.45) is 1.95. The van der Waals surface area contributed by atoms with Crippen LogP contribution in [0.25, 0.3) is 0 Å². The topological polar surface area (TPSA) is 15.8 Å². The van der Waals surface area contributed by atoms with E-state index in [0.717, 1.165) is 16.3 Å². The van der Waals surface area contributed by atoms with Gasteiger partial charge in [-0.05, 0) is 12.5 Å². The molecule has 1 rings (SSSR count). The van der Waals surface area contributed by atoms with Gasteiger partial charge in [0.05, 0.1) is 5.02 Å². The lowest BCUT2D eigenvalue weighted by Crippen LogP contribution is -2.11. The first-order valence-corrected chi connectivity index (χ1v) is 4.14. The quantitative estimate of drug-likeness (QED) is 0.617. The van der Waals surface area contributed by atoms with Gasteiger partial charge in [0.25, 0.3) is 0 Å². The molecule has 0 aromatic carbocycles. The number of nitrogens with one attached hydrogen (secondary N) is 1. The van der Waals surface area contributed by atoms with E-state index in [1.807, 2.05) is 13.1 Å². The molecule has 1 aromatic rings. The third-order valence-electron chi connectivity index (χ3n) is 1.75. The molecular weight excluding hydrogens is 158 g/mol. The Bertz CT molecular complexity index is 255. The first kappa shape index (κ1) is 8.66. The maximum atomic E-state index is 6.06. The molecule has 0 spiro atoms. The van der Waals surface area contributed by atoms with Crippen LogP contribution in [0.1, 0.15) is 32.0 Å². The number of hydrogen-bond donors (Lipinski definition) is 1. The maximum absolute atomic E-state index is 6.06. The Morgan fingerprint density at radius 2 is 1.91 bits per heavy atom. The first-order chi connectivity index (χ1) is 4.93. The summed E-state index contributed by atoms with van der Waals surface area (Å²) in [6, 6.07) is 0. The van der Waals surface area contributed by atoms with E-state index in [2.05, 4.69) is 25.8 Å². The number of aryl methyl sites for hydroxylation is 1. The Kier molecular flexibility index (Phi) is 2.02. The molecule has 0 saturated carbocycles. The first-order valence-electron chi connectivity index (χ1n) is 3.77. The fourth-order valence-corrected chi connectivity index (χ4v) is 1.44. The van der Waals surface area contributed by atoms with Crippen molar-refractivity contribution < 1.29 is 0 Å². The van der Waals surface area contributed by atoms with Gasteiger partial charge in [0.2, 0.25) is 0 Å². The molecule has 0 fully saturated rings. The van der Waals surface area contributed by atoms with E-state index in [-0.39, 0.29) is 5.41 Å². The minimum atomic E-state index is 0.116. The van der Waals surface area contributed by atoms with Crippen LogP contribution in [0.2, 0.25) is 5.02 Å². The Labute approximate surface area is 72.8 Å². The van der Waals surface area contributed by atoms with E-state index < -0.39 is 0 Å². The molecule has 0 amide bonds. The van der Waals surface area contributed by atoms with Crippen LogP contribution in [0.15, 0.2) is 6.20 Å². The predicted octanol–water partition coefficient (Wildman–Crippen LogP) is 3.27. The second-order valence-electron chi connectivity index (χ2n) is 3.91. The number of halogens is 1. The molecule has 0 aliphatic rings. The van der Waals surface area contributed by atoms with Gasteiger partial charge in [-0.15, -0.1) is 0 Å². The molecule has 1 nitrogen and oxygen atoms in total. The van der Waals surface area contributed by atoms with Crippen molar-refractivity contribution in [3.05, 3.63) is 22.5 Å². The summed E-state index contributed by atoms with van der Waals surface area (Å²) in [5, 5.41) is 0.873. The van der Waals surface area contributed by atoms with Gasteiger partial charge in [-0.2, -0.15) is 0 Å². The van der Waals surface area contributed by atoms with Crippen LogP contribution in [0.4, 0.5) is 0 Å². The van der Waals surface area contributed by atoms with Crippen LogP contribution in [-0.2, 0) is 5.41 Å². The minimum absolute atomic E-state index is 0.116. The highest BCUT2D eigenvalue weighted by atomic mass is 35.5. The Balaban J connectivity index is 3.15. The second kappa shape index (κ2) is 2.56. The van der Waals surface area contributed by atoms with Gasteiger partial charge >= 0.3 is 0 Å². The van der Waals surface area contributed by atoms with E-state index in [0.29, 0.717) is 0 Å². The van der Waals surface area contributed by atoms with E-state index in [1.165, 1.54) is 0 Å². The largest absolute Gasteiger partial charge is 0.363 e. The summed E-state index contributed by atoms with van der Waals surface area (Å²) in [7, 11) is 0. The summed E-state index contributed by atoms with van der Waals surface area (Å²) in [4.78, 5) is 3.18. The van der Waals surface area contributed by atoms with Crippen LogP contribution in [0.3, 0.4) is 0 Å². The average molecular weight is 172 g/mol. The molecule has 1 N–H and O–H groups in total. The maximum Gasteiger partial charge on any atom is 0.0647 e. The number of aromatic amines is 1. The third-order valence-corrected chi connectivity index (χ3v) is 2.24. The normalized spacial score (nSPS) is 12.1. The summed E-state index contributed by atoms with van der Waals surface area (Å²) < 4.78 is 0. The summed E-state index contributed by atoms with van der Waals surface area (Å²) in [5.41, 5.74) is 2.36. The Morgan fingerprint density at radius 3 is 2.09 bits per heavy atom. The van der Waals surface area contributed by atoms with E-state index in [1.54, 1.807) is 0 Å². The van der Waals surface area contributed by atoms with Crippen LogP contribution in [0, 0.1) is 6.92 Å². The molecule has 1 heterocycles. The molecule has 0 aliphatic carbocycles. The summed E-state index contributed by atoms with van der Waals surface area (Å²) in [6.45, 7) is 8.44. The van der Waals surface area contributed by atoms with Gasteiger partial charge in [-0.25, -0.2) is 0 Å². The van der Waals surface area contributed by atoms with Crippen molar-refractivity contribution in [3.63, 3.8) is 0 Å². The lowest BCUT2D eigenvalue weighted by molar-refractivity contribution is 0.573. The van der Waals surface area contributed by atoms with Gasteiger partial charge in [0.15, 0.2) is 0 Å². The van der Waals surface area contributed by atoms with Crippen molar-refractivity contribution in [2.75, 3.05) is 0 Å². The number of aromatic nitrogens is 1. The molecule has 0 bridgehead atoms. The molecule has 0 saturated heterocycles. The molecule has 2 heteroatoms. The molecule has 0 unspecified atom stereocenters. The van der Waals surface area contributed by atoms with Crippen molar-refractivity contribution in [1.82, 2.24) is 4.98 Å². The molecule has 1 aromatic heterocycles. The van der Waals surface area contributed by atoms with Crippen LogP contribution < -0.4 is 0 Å². The van der Waals surface area contributed by atoms with E-state index >= 15 is 0 Å². The fourth-order valence-electron chi connectivity index (χ4n) is 1.05. The number of H-pyrrole nitrogens is 1. The van der Waals surface area contributed by atoms with E-state index in [9.17, 15) is 0 Å². The third kappa shape index (κ3) is 1.59. The van der Waals surface area contributed by atoms with E-state index in [4.69, 9.17) is 11.6 Å². The fraction of sp³-hybridized carbons (Fsp3) is 0.556. The zero-order valence-electron chi connectivity index (χ0n) is 7.46. The zero-order valence-corrected chi connectivity index (χ0v) is 8.21. The molecule has 11 heavy (non-hydrogen) atoms. The number of rotatable bonds is 0. The lowest BCUT2D eigenvalue weighted by atomic mass is 9.92. The smallest absolute Gasteiger partial charge is 0.0647 e. The Hall–Kier alpha value is -0.430. The van der Waals surface area contributed by atoms with Gasteiger partial charge in [-0.1, -0.05) is 32.4 Å². The Morgan fingerprint density at radius 1 is 1.36 bits per heavy atom. The van der Waals surface area contributed by atoms with Crippen molar-refractivity contribution in [3.8, 4) is 0 Å². The SMILES string of the molecule is Cc1c[nH]c(C(C)(C)C)c1Cl. The van der Waals surface area contributed by atoms with Gasteiger partial charge in [0, 0.05) is 17.3 Å². The zero-order chi connectivity index (χ0) is 8.65. The van der Waals surface area contributed by atoms with Crippen molar-refractivity contribution >= 4 is 11.6 Å². The monoisotopic (exact) mass is 171 g/mol. The van der Waals surface area contributed by atoms with Crippen molar-refractivity contribution in [1.29, 1.82) is 0 Å². The minimum Gasteiger partial charge on any atom is -0.363 e. The van der Waals surface area contributed by atoms with Gasteiger partial charge < -0.3 is 4.98 Å². The summed E-state index contributed by atoms with van der Waals surface area (Å²) in [5.74, 6) is 0. The van der Waals surface area contributed by atoms with Gasteiger partial charge in [0.1, 0.15) is 0 Å². The van der Waals surface area contributed by atoms with Crippen LogP contribution in [-0.4, -0.2) is 4.98 Å². The van der Waals surface area contributed by atoms with Crippen molar-refractivity contribution in [2.24, 2.45) is 0 Å². The lowest BCUT2D eigenvalue weighted by Gasteiger charge is -2.17. The highest BCUT2D eigenvalue weighted by Crippen LogP contribution is 2.30. The molecular formula is C9H14ClN. The van der Waals surface area contributed by atoms with Crippen LogP contribution >= 0.6 is 11.6 Å². The van der Waals surface area contributed by atoms with Crippen LogP contribution in [0.5, 0.6) is 0 Å². The summed E-state index contributed by atoms with van der Waals surface area (Å²) >= 11 is 6.06. The standard InChI is InChI=1S/C9H14ClN/c1-6-5-11-8(7(6)10)9(2,3)4/h5,11H,1-4H3. The molecule has 0 aliphatic heterocycles. The highest BCUT2D eigenvalue weighted by Gasteiger charge is 2.19.